The van der Waals surface area contributed by atoms with Crippen LogP contribution in [0, 0.1) is 32.4 Å². The number of hydrogen-bond donors (Lipinski definition) is 2. The maximum absolute atomic E-state index is 13.9. The Hall–Kier alpha value is -2.27. The van der Waals surface area contributed by atoms with Crippen LogP contribution in [-0.2, 0) is 4.79 Å². The molecule has 3 nitrogen and oxygen atoms in total. The SMILES string of the molecule is Cc1cc(C)c(NC(=O)[C@@H](C)[NH2+][C@@H](C)c2ccc(F)cc2F)c(C)c1. The lowest BCUT2D eigenvalue weighted by Crippen LogP contribution is -2.91. The predicted molar refractivity (Wildman–Crippen MR) is 95.4 cm³/mol. The number of anilines is 1. The first-order chi connectivity index (χ1) is 11.7. The molecular weight excluding hydrogens is 322 g/mol. The number of hydrogen-bond acceptors (Lipinski definition) is 1. The molecule has 0 spiro atoms. The van der Waals surface area contributed by atoms with E-state index in [2.05, 4.69) is 5.32 Å². The molecule has 0 aromatic heterocycles. The van der Waals surface area contributed by atoms with Gasteiger partial charge in [-0.25, -0.2) is 8.78 Å². The van der Waals surface area contributed by atoms with Gasteiger partial charge in [0.05, 0.1) is 0 Å². The minimum Gasteiger partial charge on any atom is -0.330 e. The summed E-state index contributed by atoms with van der Waals surface area (Å²) < 4.78 is 26.9. The molecule has 0 bridgehead atoms. The normalized spacial score (nSPS) is 13.4. The van der Waals surface area contributed by atoms with Crippen molar-refractivity contribution < 1.29 is 18.9 Å². The van der Waals surface area contributed by atoms with Crippen molar-refractivity contribution in [1.82, 2.24) is 0 Å². The van der Waals surface area contributed by atoms with E-state index in [1.165, 1.54) is 12.1 Å². The van der Waals surface area contributed by atoms with Gasteiger partial charge in [0, 0.05) is 17.3 Å². The third kappa shape index (κ3) is 4.63. The number of halogens is 2. The highest BCUT2D eigenvalue weighted by molar-refractivity contribution is 5.95. The number of rotatable bonds is 5. The predicted octanol–water partition coefficient (Wildman–Crippen LogP) is 3.54. The van der Waals surface area contributed by atoms with Crippen LogP contribution in [0.4, 0.5) is 14.5 Å². The Morgan fingerprint density at radius 1 is 1.04 bits per heavy atom. The summed E-state index contributed by atoms with van der Waals surface area (Å²) in [5, 5.41) is 4.73. The Kier molecular flexibility index (Phi) is 5.90. The summed E-state index contributed by atoms with van der Waals surface area (Å²) in [6.07, 6.45) is 0. The van der Waals surface area contributed by atoms with Crippen molar-refractivity contribution in [2.75, 3.05) is 5.32 Å². The Morgan fingerprint density at radius 3 is 2.20 bits per heavy atom. The molecule has 1 amide bonds. The van der Waals surface area contributed by atoms with Crippen LogP contribution >= 0.6 is 0 Å². The van der Waals surface area contributed by atoms with E-state index in [9.17, 15) is 13.6 Å². The van der Waals surface area contributed by atoms with Gasteiger partial charge in [-0.2, -0.15) is 0 Å². The van der Waals surface area contributed by atoms with Crippen molar-refractivity contribution in [2.45, 2.75) is 46.7 Å². The lowest BCUT2D eigenvalue weighted by atomic mass is 10.0. The summed E-state index contributed by atoms with van der Waals surface area (Å²) in [5.74, 6) is -1.35. The Bertz CT molecular complexity index is 766. The molecule has 0 heterocycles. The smallest absolute Gasteiger partial charge is 0.282 e. The fourth-order valence-electron chi connectivity index (χ4n) is 3.11. The van der Waals surface area contributed by atoms with E-state index in [1.807, 2.05) is 32.9 Å². The summed E-state index contributed by atoms with van der Waals surface area (Å²) in [5.41, 5.74) is 4.36. The molecule has 0 fully saturated rings. The highest BCUT2D eigenvalue weighted by Crippen LogP contribution is 2.22. The molecule has 0 saturated carbocycles. The minimum atomic E-state index is -0.607. The van der Waals surface area contributed by atoms with E-state index in [0.717, 1.165) is 28.4 Å². The van der Waals surface area contributed by atoms with Gasteiger partial charge in [0.1, 0.15) is 17.7 Å². The van der Waals surface area contributed by atoms with Crippen molar-refractivity contribution in [3.05, 3.63) is 64.2 Å². The Morgan fingerprint density at radius 2 is 1.64 bits per heavy atom. The highest BCUT2D eigenvalue weighted by Gasteiger charge is 2.23. The maximum Gasteiger partial charge on any atom is 0.282 e. The molecule has 3 N–H and O–H groups in total. The second kappa shape index (κ2) is 7.74. The molecule has 0 saturated heterocycles. The summed E-state index contributed by atoms with van der Waals surface area (Å²) in [4.78, 5) is 12.5. The van der Waals surface area contributed by atoms with Gasteiger partial charge in [-0.1, -0.05) is 17.7 Å². The molecule has 0 aliphatic rings. The molecule has 0 aliphatic carbocycles. The Labute approximate surface area is 147 Å². The molecule has 2 aromatic carbocycles. The fourth-order valence-corrected chi connectivity index (χ4v) is 3.11. The van der Waals surface area contributed by atoms with Crippen molar-refractivity contribution >= 4 is 11.6 Å². The molecule has 0 aliphatic heterocycles. The second-order valence-electron chi connectivity index (χ2n) is 6.70. The third-order valence-corrected chi connectivity index (χ3v) is 4.37. The highest BCUT2D eigenvalue weighted by atomic mass is 19.1. The summed E-state index contributed by atoms with van der Waals surface area (Å²) >= 11 is 0. The van der Waals surface area contributed by atoms with Gasteiger partial charge in [0.15, 0.2) is 6.04 Å². The van der Waals surface area contributed by atoms with Crippen molar-refractivity contribution in [1.29, 1.82) is 0 Å². The van der Waals surface area contributed by atoms with Gasteiger partial charge in [-0.05, 0) is 57.9 Å². The van der Waals surface area contributed by atoms with E-state index in [-0.39, 0.29) is 11.9 Å². The van der Waals surface area contributed by atoms with E-state index in [0.29, 0.717) is 5.56 Å². The standard InChI is InChI=1S/C20H24F2N2O/c1-11-8-12(2)19(13(3)9-11)24-20(25)15(5)23-14(4)17-7-6-16(21)10-18(17)22/h6-10,14-15,23H,1-5H3,(H,24,25)/p+1/t14-,15+/m0/s1. The zero-order valence-corrected chi connectivity index (χ0v) is 15.3. The number of benzene rings is 2. The first-order valence-electron chi connectivity index (χ1n) is 8.37. The molecule has 2 aromatic rings. The Balaban J connectivity index is 2.08. The van der Waals surface area contributed by atoms with Crippen LogP contribution in [0.5, 0.6) is 0 Å². The van der Waals surface area contributed by atoms with Gasteiger partial charge >= 0.3 is 0 Å². The summed E-state index contributed by atoms with van der Waals surface area (Å²) in [6, 6.07) is 6.84. The largest absolute Gasteiger partial charge is 0.330 e. The van der Waals surface area contributed by atoms with E-state index >= 15 is 0 Å². The maximum atomic E-state index is 13.9. The van der Waals surface area contributed by atoms with Crippen LogP contribution in [0.25, 0.3) is 0 Å². The van der Waals surface area contributed by atoms with E-state index in [1.54, 1.807) is 19.2 Å². The van der Waals surface area contributed by atoms with Crippen LogP contribution < -0.4 is 10.6 Å². The lowest BCUT2D eigenvalue weighted by molar-refractivity contribution is -0.710. The van der Waals surface area contributed by atoms with Gasteiger partial charge in [0.2, 0.25) is 0 Å². The van der Waals surface area contributed by atoms with E-state index in [4.69, 9.17) is 0 Å². The summed E-state index contributed by atoms with van der Waals surface area (Å²) in [6.45, 7) is 9.50. The monoisotopic (exact) mass is 347 g/mol. The van der Waals surface area contributed by atoms with Gasteiger partial charge in [-0.15, -0.1) is 0 Å². The number of aryl methyl sites for hydroxylation is 3. The number of carbonyl (C=O) groups is 1. The molecule has 2 atom stereocenters. The van der Waals surface area contributed by atoms with Crippen LogP contribution in [0.2, 0.25) is 0 Å². The van der Waals surface area contributed by atoms with Gasteiger partial charge < -0.3 is 10.6 Å². The van der Waals surface area contributed by atoms with Crippen LogP contribution in [-0.4, -0.2) is 11.9 Å². The summed E-state index contributed by atoms with van der Waals surface area (Å²) in [7, 11) is 0. The van der Waals surface area contributed by atoms with Crippen molar-refractivity contribution in [3.8, 4) is 0 Å². The third-order valence-electron chi connectivity index (χ3n) is 4.37. The number of amides is 1. The number of carbonyl (C=O) groups excluding carboxylic acids is 1. The minimum absolute atomic E-state index is 0.149. The van der Waals surface area contributed by atoms with Gasteiger partial charge in [-0.3, -0.25) is 4.79 Å². The molecule has 25 heavy (non-hydrogen) atoms. The molecular formula is C20H25F2N2O+. The first kappa shape index (κ1) is 19.1. The average molecular weight is 347 g/mol. The molecule has 0 unspecified atom stereocenters. The number of quaternary nitrogens is 1. The molecule has 2 rings (SSSR count). The first-order valence-corrected chi connectivity index (χ1v) is 8.37. The van der Waals surface area contributed by atoms with Crippen LogP contribution in [0.1, 0.15) is 42.1 Å². The number of nitrogens with two attached hydrogens (primary N) is 1. The molecule has 5 heteroatoms. The quantitative estimate of drug-likeness (QED) is 0.854. The zero-order valence-electron chi connectivity index (χ0n) is 15.3. The van der Waals surface area contributed by atoms with Gasteiger partial charge in [0.25, 0.3) is 5.91 Å². The average Bonchev–Trinajstić information content (AvgIpc) is 2.50. The zero-order chi connectivity index (χ0) is 18.7. The van der Waals surface area contributed by atoms with Crippen molar-refractivity contribution in [2.24, 2.45) is 0 Å². The van der Waals surface area contributed by atoms with Crippen LogP contribution in [0.3, 0.4) is 0 Å². The molecule has 134 valence electrons. The second-order valence-corrected chi connectivity index (χ2v) is 6.70. The lowest BCUT2D eigenvalue weighted by Gasteiger charge is -2.19. The van der Waals surface area contributed by atoms with Crippen molar-refractivity contribution in [3.63, 3.8) is 0 Å². The number of nitrogens with one attached hydrogen (secondary N) is 1. The molecule has 0 radical (unpaired) electrons. The topological polar surface area (TPSA) is 45.7 Å². The fraction of sp³-hybridized carbons (Fsp3) is 0.350. The van der Waals surface area contributed by atoms with E-state index < -0.39 is 17.7 Å². The van der Waals surface area contributed by atoms with Crippen LogP contribution in [0.15, 0.2) is 30.3 Å².